The molecule has 2 heterocycles. The van der Waals surface area contributed by atoms with E-state index in [1.807, 2.05) is 31.5 Å². The van der Waals surface area contributed by atoms with Crippen LogP contribution in [0.15, 0.2) is 30.6 Å². The van der Waals surface area contributed by atoms with E-state index in [2.05, 4.69) is 21.4 Å². The van der Waals surface area contributed by atoms with E-state index in [0.717, 1.165) is 47.2 Å². The lowest BCUT2D eigenvalue weighted by Gasteiger charge is -2.24. The topological polar surface area (TPSA) is 47.0 Å². The number of nitrogens with zero attached hydrogens (tertiary/aromatic N) is 2. The maximum Gasteiger partial charge on any atom is 0.132 e. The van der Waals surface area contributed by atoms with Crippen molar-refractivity contribution < 1.29 is 4.74 Å². The number of rotatable bonds is 3. The second-order valence-corrected chi connectivity index (χ2v) is 5.68. The van der Waals surface area contributed by atoms with E-state index in [4.69, 9.17) is 16.3 Å². The third kappa shape index (κ3) is 3.59. The molecule has 0 radical (unpaired) electrons. The number of benzene rings is 1. The quantitative estimate of drug-likeness (QED) is 0.947. The van der Waals surface area contributed by atoms with Crippen LogP contribution < -0.4 is 5.32 Å². The maximum absolute atomic E-state index is 6.40. The molecule has 4 nitrogen and oxygen atoms in total. The molecule has 110 valence electrons. The van der Waals surface area contributed by atoms with Crippen molar-refractivity contribution in [1.82, 2.24) is 15.3 Å². The summed E-state index contributed by atoms with van der Waals surface area (Å²) in [6, 6.07) is 6.11. The van der Waals surface area contributed by atoms with Gasteiger partial charge in [0.05, 0.1) is 12.7 Å². The van der Waals surface area contributed by atoms with E-state index in [1.165, 1.54) is 0 Å². The van der Waals surface area contributed by atoms with Gasteiger partial charge >= 0.3 is 0 Å². The highest BCUT2D eigenvalue weighted by Gasteiger charge is 2.16. The van der Waals surface area contributed by atoms with Crippen LogP contribution in [0.5, 0.6) is 0 Å². The molecule has 1 N–H and O–H groups in total. The largest absolute Gasteiger partial charge is 0.371 e. The SMILES string of the molecule is Cc1cnc(Cc2ccc([C@@H]3CNCCO3)cc2Cl)nc1. The van der Waals surface area contributed by atoms with Crippen LogP contribution in [-0.4, -0.2) is 29.7 Å². The molecule has 1 aromatic heterocycles. The molecule has 0 amide bonds. The van der Waals surface area contributed by atoms with Crippen molar-refractivity contribution in [1.29, 1.82) is 0 Å². The van der Waals surface area contributed by atoms with Gasteiger partial charge in [-0.3, -0.25) is 0 Å². The Morgan fingerprint density at radius 1 is 1.33 bits per heavy atom. The highest BCUT2D eigenvalue weighted by Crippen LogP contribution is 2.25. The van der Waals surface area contributed by atoms with E-state index in [-0.39, 0.29) is 6.10 Å². The summed E-state index contributed by atoms with van der Waals surface area (Å²) in [7, 11) is 0. The van der Waals surface area contributed by atoms with Gasteiger partial charge in [0, 0.05) is 36.9 Å². The van der Waals surface area contributed by atoms with Gasteiger partial charge in [0.1, 0.15) is 5.82 Å². The van der Waals surface area contributed by atoms with Gasteiger partial charge < -0.3 is 10.1 Å². The van der Waals surface area contributed by atoms with Crippen LogP contribution in [0.4, 0.5) is 0 Å². The van der Waals surface area contributed by atoms with Crippen molar-refractivity contribution in [3.63, 3.8) is 0 Å². The van der Waals surface area contributed by atoms with Crippen LogP contribution >= 0.6 is 11.6 Å². The zero-order valence-corrected chi connectivity index (χ0v) is 12.7. The molecular formula is C16H18ClN3O. The maximum atomic E-state index is 6.40. The number of hydrogen-bond acceptors (Lipinski definition) is 4. The first kappa shape index (κ1) is 14.4. The number of ether oxygens (including phenoxy) is 1. The standard InChI is InChI=1S/C16H18ClN3O/c1-11-8-19-16(20-9-11)7-12-2-3-13(6-14(12)17)15-10-18-4-5-21-15/h2-3,6,8-9,15,18H,4-5,7,10H2,1H3/t15-/m0/s1. The van der Waals surface area contributed by atoms with Gasteiger partial charge in [-0.2, -0.15) is 0 Å². The molecule has 1 atom stereocenters. The van der Waals surface area contributed by atoms with Crippen LogP contribution in [0, 0.1) is 6.92 Å². The predicted molar refractivity (Wildman–Crippen MR) is 82.6 cm³/mol. The van der Waals surface area contributed by atoms with Gasteiger partial charge in [-0.05, 0) is 29.7 Å². The second kappa shape index (κ2) is 6.52. The van der Waals surface area contributed by atoms with Crippen molar-refractivity contribution in [2.45, 2.75) is 19.4 Å². The van der Waals surface area contributed by atoms with E-state index >= 15 is 0 Å². The van der Waals surface area contributed by atoms with Crippen molar-refractivity contribution in [2.24, 2.45) is 0 Å². The first-order chi connectivity index (χ1) is 10.2. The smallest absolute Gasteiger partial charge is 0.132 e. The molecule has 1 aliphatic rings. The number of halogens is 1. The Bertz CT molecular complexity index is 609. The fourth-order valence-corrected chi connectivity index (χ4v) is 2.62. The molecule has 1 aromatic carbocycles. The summed E-state index contributed by atoms with van der Waals surface area (Å²) in [5, 5.41) is 4.07. The highest BCUT2D eigenvalue weighted by molar-refractivity contribution is 6.31. The van der Waals surface area contributed by atoms with Crippen LogP contribution in [0.3, 0.4) is 0 Å². The summed E-state index contributed by atoms with van der Waals surface area (Å²) in [5.74, 6) is 0.783. The Morgan fingerprint density at radius 3 is 2.81 bits per heavy atom. The zero-order chi connectivity index (χ0) is 14.7. The normalized spacial score (nSPS) is 18.7. The number of hydrogen-bond donors (Lipinski definition) is 1. The Morgan fingerprint density at radius 2 is 2.14 bits per heavy atom. The van der Waals surface area contributed by atoms with Crippen LogP contribution in [0.2, 0.25) is 5.02 Å². The monoisotopic (exact) mass is 303 g/mol. The minimum Gasteiger partial charge on any atom is -0.371 e. The van der Waals surface area contributed by atoms with Gasteiger partial charge in [0.15, 0.2) is 0 Å². The molecule has 2 aromatic rings. The van der Waals surface area contributed by atoms with E-state index in [1.54, 1.807) is 0 Å². The number of aromatic nitrogens is 2. The summed E-state index contributed by atoms with van der Waals surface area (Å²) in [5.41, 5.74) is 3.20. The Hall–Kier alpha value is -1.49. The fraction of sp³-hybridized carbons (Fsp3) is 0.375. The van der Waals surface area contributed by atoms with Crippen molar-refractivity contribution in [3.05, 3.63) is 58.1 Å². The number of aryl methyl sites for hydroxylation is 1. The average molecular weight is 304 g/mol. The first-order valence-electron chi connectivity index (χ1n) is 7.10. The molecule has 0 spiro atoms. The van der Waals surface area contributed by atoms with Gasteiger partial charge in [-0.25, -0.2) is 9.97 Å². The molecule has 5 heteroatoms. The zero-order valence-electron chi connectivity index (χ0n) is 12.0. The van der Waals surface area contributed by atoms with E-state index in [9.17, 15) is 0 Å². The Kier molecular flexibility index (Phi) is 4.48. The minimum absolute atomic E-state index is 0.0842. The second-order valence-electron chi connectivity index (χ2n) is 5.27. The molecule has 0 bridgehead atoms. The molecule has 1 fully saturated rings. The van der Waals surface area contributed by atoms with Crippen LogP contribution in [0.25, 0.3) is 0 Å². The lowest BCUT2D eigenvalue weighted by molar-refractivity contribution is 0.0277. The average Bonchev–Trinajstić information content (AvgIpc) is 2.52. The highest BCUT2D eigenvalue weighted by atomic mass is 35.5. The number of nitrogens with one attached hydrogen (secondary N) is 1. The number of morpholine rings is 1. The lowest BCUT2D eigenvalue weighted by Crippen LogP contribution is -2.33. The predicted octanol–water partition coefficient (Wildman–Crippen LogP) is 2.69. The minimum atomic E-state index is 0.0842. The van der Waals surface area contributed by atoms with Crippen molar-refractivity contribution in [3.8, 4) is 0 Å². The van der Waals surface area contributed by atoms with E-state index < -0.39 is 0 Å². The van der Waals surface area contributed by atoms with Gasteiger partial charge in [-0.1, -0.05) is 23.7 Å². The van der Waals surface area contributed by atoms with E-state index in [0.29, 0.717) is 6.42 Å². The third-order valence-electron chi connectivity index (χ3n) is 3.56. The summed E-state index contributed by atoms with van der Waals surface area (Å²) in [6.45, 7) is 4.45. The van der Waals surface area contributed by atoms with Gasteiger partial charge in [0.2, 0.25) is 0 Å². The van der Waals surface area contributed by atoms with Crippen molar-refractivity contribution in [2.75, 3.05) is 19.7 Å². The molecule has 0 aliphatic carbocycles. The fourth-order valence-electron chi connectivity index (χ4n) is 2.37. The summed E-state index contributed by atoms with van der Waals surface area (Å²) in [6.07, 6.45) is 4.38. The van der Waals surface area contributed by atoms with Crippen LogP contribution in [-0.2, 0) is 11.2 Å². The summed E-state index contributed by atoms with van der Waals surface area (Å²) >= 11 is 6.40. The Labute approximate surface area is 129 Å². The lowest BCUT2D eigenvalue weighted by atomic mass is 10.0. The summed E-state index contributed by atoms with van der Waals surface area (Å²) in [4.78, 5) is 8.65. The molecule has 3 rings (SSSR count). The summed E-state index contributed by atoms with van der Waals surface area (Å²) < 4.78 is 5.74. The third-order valence-corrected chi connectivity index (χ3v) is 3.91. The molecule has 21 heavy (non-hydrogen) atoms. The Balaban J connectivity index is 1.76. The molecule has 1 saturated heterocycles. The van der Waals surface area contributed by atoms with Gasteiger partial charge in [0.25, 0.3) is 0 Å². The molecular weight excluding hydrogens is 286 g/mol. The molecule has 0 saturated carbocycles. The van der Waals surface area contributed by atoms with Crippen molar-refractivity contribution >= 4 is 11.6 Å². The molecule has 0 unspecified atom stereocenters. The first-order valence-corrected chi connectivity index (χ1v) is 7.48. The van der Waals surface area contributed by atoms with Gasteiger partial charge in [-0.15, -0.1) is 0 Å². The van der Waals surface area contributed by atoms with Crippen LogP contribution in [0.1, 0.15) is 28.6 Å². The molecule has 1 aliphatic heterocycles.